The van der Waals surface area contributed by atoms with Crippen molar-refractivity contribution in [1.82, 2.24) is 5.32 Å². The highest BCUT2D eigenvalue weighted by Gasteiger charge is 2.10. The van der Waals surface area contributed by atoms with Gasteiger partial charge in [0.2, 0.25) is 0 Å². The van der Waals surface area contributed by atoms with Crippen LogP contribution in [0.1, 0.15) is 17.3 Å². The third-order valence-corrected chi connectivity index (χ3v) is 1.91. The number of para-hydroxylation sites is 1. The summed E-state index contributed by atoms with van der Waals surface area (Å²) in [6.45, 7) is 1.85. The lowest BCUT2D eigenvalue weighted by molar-refractivity contribution is 0.0921. The van der Waals surface area contributed by atoms with Gasteiger partial charge in [-0.2, -0.15) is 0 Å². The van der Waals surface area contributed by atoms with Crippen molar-refractivity contribution in [2.24, 2.45) is 0 Å². The van der Waals surface area contributed by atoms with Crippen molar-refractivity contribution in [2.45, 2.75) is 13.0 Å². The van der Waals surface area contributed by atoms with Crippen molar-refractivity contribution in [3.8, 4) is 5.75 Å². The summed E-state index contributed by atoms with van der Waals surface area (Å²) in [5, 5.41) is 11.6. The molecule has 82 valence electrons. The number of methoxy groups -OCH3 is 1. The molecular formula is C11H15NO3. The molecule has 0 saturated heterocycles. The number of benzene rings is 1. The molecule has 0 heterocycles. The fourth-order valence-corrected chi connectivity index (χ4v) is 1.17. The van der Waals surface area contributed by atoms with E-state index < -0.39 is 6.10 Å². The quantitative estimate of drug-likeness (QED) is 0.771. The maximum Gasteiger partial charge on any atom is 0.255 e. The lowest BCUT2D eigenvalue weighted by Crippen LogP contribution is -2.30. The van der Waals surface area contributed by atoms with Gasteiger partial charge in [-0.15, -0.1) is 0 Å². The predicted molar refractivity (Wildman–Crippen MR) is 57.0 cm³/mol. The van der Waals surface area contributed by atoms with E-state index in [1.807, 2.05) is 0 Å². The number of carbonyl (C=O) groups is 1. The minimum Gasteiger partial charge on any atom is -0.496 e. The maximum atomic E-state index is 11.6. The van der Waals surface area contributed by atoms with E-state index in [1.54, 1.807) is 31.2 Å². The molecule has 0 fully saturated rings. The van der Waals surface area contributed by atoms with E-state index in [4.69, 9.17) is 9.84 Å². The molecular weight excluding hydrogens is 194 g/mol. The van der Waals surface area contributed by atoms with Crippen LogP contribution in [0.2, 0.25) is 0 Å². The van der Waals surface area contributed by atoms with Crippen molar-refractivity contribution in [2.75, 3.05) is 13.7 Å². The summed E-state index contributed by atoms with van der Waals surface area (Å²) in [5.41, 5.74) is 0.473. The molecule has 0 radical (unpaired) electrons. The second kappa shape index (κ2) is 5.36. The summed E-state index contributed by atoms with van der Waals surface area (Å²) in [5.74, 6) is 0.286. The van der Waals surface area contributed by atoms with Gasteiger partial charge in [0, 0.05) is 6.54 Å². The summed E-state index contributed by atoms with van der Waals surface area (Å²) in [6, 6.07) is 6.96. The van der Waals surface area contributed by atoms with Gasteiger partial charge in [0.1, 0.15) is 5.75 Å². The highest BCUT2D eigenvalue weighted by molar-refractivity contribution is 5.96. The standard InChI is InChI=1S/C11H15NO3/c1-8(13)7-12-11(14)9-5-3-4-6-10(9)15-2/h3-6,8,13H,7H2,1-2H3,(H,12,14)/t8-/m1/s1. The van der Waals surface area contributed by atoms with E-state index in [2.05, 4.69) is 5.32 Å². The number of hydrogen-bond donors (Lipinski definition) is 2. The van der Waals surface area contributed by atoms with Crippen LogP contribution in [0.15, 0.2) is 24.3 Å². The molecule has 0 spiro atoms. The summed E-state index contributed by atoms with van der Waals surface area (Å²) in [7, 11) is 1.51. The highest BCUT2D eigenvalue weighted by atomic mass is 16.5. The molecule has 0 aliphatic heterocycles. The fraction of sp³-hybridized carbons (Fsp3) is 0.364. The summed E-state index contributed by atoms with van der Waals surface area (Å²) in [4.78, 5) is 11.6. The molecule has 0 aliphatic carbocycles. The van der Waals surface area contributed by atoms with Gasteiger partial charge in [0.25, 0.3) is 5.91 Å². The first-order valence-electron chi connectivity index (χ1n) is 4.74. The molecule has 4 nitrogen and oxygen atoms in total. The third-order valence-electron chi connectivity index (χ3n) is 1.91. The Morgan fingerprint density at radius 2 is 2.20 bits per heavy atom. The van der Waals surface area contributed by atoms with Crippen LogP contribution in [0, 0.1) is 0 Å². The largest absolute Gasteiger partial charge is 0.496 e. The number of amides is 1. The lowest BCUT2D eigenvalue weighted by atomic mass is 10.2. The van der Waals surface area contributed by atoms with E-state index in [-0.39, 0.29) is 12.5 Å². The SMILES string of the molecule is COc1ccccc1C(=O)NC[C@@H](C)O. The van der Waals surface area contributed by atoms with Crippen LogP contribution < -0.4 is 10.1 Å². The van der Waals surface area contributed by atoms with Crippen LogP contribution in [0.3, 0.4) is 0 Å². The number of aliphatic hydroxyl groups excluding tert-OH is 1. The minimum absolute atomic E-state index is 0.233. The number of aliphatic hydroxyl groups is 1. The molecule has 1 amide bonds. The van der Waals surface area contributed by atoms with Gasteiger partial charge in [-0.1, -0.05) is 12.1 Å². The van der Waals surface area contributed by atoms with Crippen LogP contribution >= 0.6 is 0 Å². The molecule has 1 aromatic carbocycles. The smallest absolute Gasteiger partial charge is 0.255 e. The Morgan fingerprint density at radius 1 is 1.53 bits per heavy atom. The molecule has 0 bridgehead atoms. The summed E-state index contributed by atoms with van der Waals surface area (Å²) in [6.07, 6.45) is -0.552. The molecule has 0 aromatic heterocycles. The average Bonchev–Trinajstić information content (AvgIpc) is 2.25. The van der Waals surface area contributed by atoms with Crippen LogP contribution in [0.25, 0.3) is 0 Å². The van der Waals surface area contributed by atoms with Gasteiger partial charge in [-0.25, -0.2) is 0 Å². The van der Waals surface area contributed by atoms with Crippen LogP contribution in [-0.4, -0.2) is 30.8 Å². The second-order valence-corrected chi connectivity index (χ2v) is 3.26. The maximum absolute atomic E-state index is 11.6. The molecule has 1 atom stereocenters. The van der Waals surface area contributed by atoms with Gasteiger partial charge in [-0.05, 0) is 19.1 Å². The molecule has 0 saturated carbocycles. The molecule has 0 aliphatic rings. The van der Waals surface area contributed by atoms with E-state index >= 15 is 0 Å². The van der Waals surface area contributed by atoms with Crippen molar-refractivity contribution in [3.05, 3.63) is 29.8 Å². The lowest BCUT2D eigenvalue weighted by Gasteiger charge is -2.09. The van der Waals surface area contributed by atoms with E-state index in [1.165, 1.54) is 7.11 Å². The Labute approximate surface area is 88.9 Å². The molecule has 1 aromatic rings. The summed E-state index contributed by atoms with van der Waals surface area (Å²) >= 11 is 0. The first-order valence-corrected chi connectivity index (χ1v) is 4.74. The Hall–Kier alpha value is -1.55. The van der Waals surface area contributed by atoms with Crippen molar-refractivity contribution >= 4 is 5.91 Å². The number of rotatable bonds is 4. The monoisotopic (exact) mass is 209 g/mol. The normalized spacial score (nSPS) is 11.9. The number of hydrogen-bond acceptors (Lipinski definition) is 3. The van der Waals surface area contributed by atoms with Crippen molar-refractivity contribution in [3.63, 3.8) is 0 Å². The molecule has 1 rings (SSSR count). The Kier molecular flexibility index (Phi) is 4.12. The van der Waals surface area contributed by atoms with E-state index in [0.717, 1.165) is 0 Å². The summed E-state index contributed by atoms with van der Waals surface area (Å²) < 4.78 is 5.05. The Morgan fingerprint density at radius 3 is 2.80 bits per heavy atom. The zero-order valence-electron chi connectivity index (χ0n) is 8.86. The topological polar surface area (TPSA) is 58.6 Å². The minimum atomic E-state index is -0.552. The number of nitrogens with one attached hydrogen (secondary N) is 1. The van der Waals surface area contributed by atoms with Crippen LogP contribution in [0.5, 0.6) is 5.75 Å². The highest BCUT2D eigenvalue weighted by Crippen LogP contribution is 2.16. The number of ether oxygens (including phenoxy) is 1. The van der Waals surface area contributed by atoms with E-state index in [9.17, 15) is 4.79 Å². The first kappa shape index (κ1) is 11.5. The fourth-order valence-electron chi connectivity index (χ4n) is 1.17. The zero-order valence-corrected chi connectivity index (χ0v) is 8.86. The van der Waals surface area contributed by atoms with Gasteiger partial charge in [0.15, 0.2) is 0 Å². The average molecular weight is 209 g/mol. The van der Waals surface area contributed by atoms with Gasteiger partial charge in [-0.3, -0.25) is 4.79 Å². The van der Waals surface area contributed by atoms with Crippen molar-refractivity contribution < 1.29 is 14.6 Å². The molecule has 2 N–H and O–H groups in total. The number of carbonyl (C=O) groups excluding carboxylic acids is 1. The molecule has 4 heteroatoms. The van der Waals surface area contributed by atoms with Gasteiger partial charge >= 0.3 is 0 Å². The van der Waals surface area contributed by atoms with Gasteiger partial charge < -0.3 is 15.2 Å². The Balaban J connectivity index is 2.72. The van der Waals surface area contributed by atoms with Gasteiger partial charge in [0.05, 0.1) is 18.8 Å². The first-order chi connectivity index (χ1) is 7.15. The third kappa shape index (κ3) is 3.25. The Bertz CT molecular complexity index is 336. The van der Waals surface area contributed by atoms with E-state index in [0.29, 0.717) is 11.3 Å². The zero-order chi connectivity index (χ0) is 11.3. The van der Waals surface area contributed by atoms with Crippen LogP contribution in [0.4, 0.5) is 0 Å². The second-order valence-electron chi connectivity index (χ2n) is 3.26. The predicted octanol–water partition coefficient (Wildman–Crippen LogP) is 0.806. The molecule has 0 unspecified atom stereocenters. The molecule has 15 heavy (non-hydrogen) atoms. The van der Waals surface area contributed by atoms with Crippen molar-refractivity contribution in [1.29, 1.82) is 0 Å². The van der Waals surface area contributed by atoms with Crippen LogP contribution in [-0.2, 0) is 0 Å².